The number of aryl methyl sites for hydroxylation is 1. The van der Waals surface area contributed by atoms with E-state index in [9.17, 15) is 13.2 Å². The van der Waals surface area contributed by atoms with Gasteiger partial charge in [-0.15, -0.1) is 0 Å². The highest BCUT2D eigenvalue weighted by molar-refractivity contribution is 9.10. The Morgan fingerprint density at radius 2 is 2.25 bits per heavy atom. The van der Waals surface area contributed by atoms with Crippen LogP contribution < -0.4 is 4.72 Å². The van der Waals surface area contributed by atoms with Gasteiger partial charge in [-0.2, -0.15) is 0 Å². The molecule has 0 aliphatic rings. The number of carboxylic acids is 1. The van der Waals surface area contributed by atoms with Crippen molar-refractivity contribution in [1.82, 2.24) is 9.29 Å². The molecule has 9 heteroatoms. The van der Waals surface area contributed by atoms with Gasteiger partial charge in [0, 0.05) is 32.1 Å². The van der Waals surface area contributed by atoms with E-state index in [-0.39, 0.29) is 16.1 Å². The molecule has 0 unspecified atom stereocenters. The molecule has 2 heterocycles. The summed E-state index contributed by atoms with van der Waals surface area (Å²) in [7, 11) is -2.03. The summed E-state index contributed by atoms with van der Waals surface area (Å²) in [4.78, 5) is 10.5. The largest absolute Gasteiger partial charge is 0.475 e. The maximum absolute atomic E-state index is 12.1. The molecule has 0 radical (unpaired) electrons. The number of hydrogen-bond donors (Lipinski definition) is 2. The number of rotatable bonds is 5. The quantitative estimate of drug-likeness (QED) is 0.840. The van der Waals surface area contributed by atoms with Gasteiger partial charge in [0.1, 0.15) is 4.90 Å². The Hall–Kier alpha value is -1.58. The van der Waals surface area contributed by atoms with Crippen molar-refractivity contribution < 1.29 is 22.7 Å². The number of sulfonamides is 1. The molecule has 20 heavy (non-hydrogen) atoms. The maximum atomic E-state index is 12.1. The van der Waals surface area contributed by atoms with E-state index in [4.69, 9.17) is 9.52 Å². The van der Waals surface area contributed by atoms with E-state index in [2.05, 4.69) is 20.7 Å². The third-order valence-corrected chi connectivity index (χ3v) is 4.77. The summed E-state index contributed by atoms with van der Waals surface area (Å²) < 4.78 is 33.0. The van der Waals surface area contributed by atoms with Crippen molar-refractivity contribution in [2.24, 2.45) is 7.05 Å². The SMILES string of the molecule is Cn1ccc(CNS(=O)(=O)c2cc(C(=O)O)oc2Br)c1. The summed E-state index contributed by atoms with van der Waals surface area (Å²) in [6.45, 7) is 0.100. The second kappa shape index (κ2) is 5.43. The topological polar surface area (TPSA) is 102 Å². The molecule has 0 saturated carbocycles. The number of furan rings is 1. The fourth-order valence-electron chi connectivity index (χ4n) is 1.56. The Morgan fingerprint density at radius 3 is 2.75 bits per heavy atom. The number of nitrogens with zero attached hydrogens (tertiary/aromatic N) is 1. The van der Waals surface area contributed by atoms with Gasteiger partial charge in [0.15, 0.2) is 4.67 Å². The minimum absolute atomic E-state index is 0.100. The van der Waals surface area contributed by atoms with E-state index in [1.165, 1.54) is 0 Å². The van der Waals surface area contributed by atoms with Gasteiger partial charge in [-0.3, -0.25) is 0 Å². The first-order chi connectivity index (χ1) is 9.29. The van der Waals surface area contributed by atoms with E-state index in [0.717, 1.165) is 11.6 Å². The lowest BCUT2D eigenvalue weighted by atomic mass is 10.4. The molecule has 2 rings (SSSR count). The fraction of sp³-hybridized carbons (Fsp3) is 0.182. The van der Waals surface area contributed by atoms with Crippen molar-refractivity contribution in [2.45, 2.75) is 11.4 Å². The lowest BCUT2D eigenvalue weighted by Crippen LogP contribution is -2.23. The van der Waals surface area contributed by atoms with E-state index in [1.807, 2.05) is 7.05 Å². The summed E-state index contributed by atoms with van der Waals surface area (Å²) in [6.07, 6.45) is 3.57. The predicted octanol–water partition coefficient (Wildman–Crippen LogP) is 1.56. The van der Waals surface area contributed by atoms with Crippen LogP contribution in [0.25, 0.3) is 0 Å². The first-order valence-corrected chi connectivity index (χ1v) is 7.70. The molecule has 108 valence electrons. The van der Waals surface area contributed by atoms with Gasteiger partial charge in [-0.1, -0.05) is 0 Å². The highest BCUT2D eigenvalue weighted by atomic mass is 79.9. The lowest BCUT2D eigenvalue weighted by molar-refractivity contribution is 0.0661. The van der Waals surface area contributed by atoms with Crippen LogP contribution in [0.3, 0.4) is 0 Å². The van der Waals surface area contributed by atoms with Gasteiger partial charge in [0.2, 0.25) is 15.8 Å². The van der Waals surface area contributed by atoms with Crippen LogP contribution in [0, 0.1) is 0 Å². The molecule has 0 saturated heterocycles. The molecular weight excluding hydrogens is 352 g/mol. The number of halogens is 1. The molecule has 2 aromatic heterocycles. The number of nitrogens with one attached hydrogen (secondary N) is 1. The van der Waals surface area contributed by atoms with Crippen LogP contribution in [0.4, 0.5) is 0 Å². The molecule has 0 aliphatic carbocycles. The zero-order valence-electron chi connectivity index (χ0n) is 10.3. The standard InChI is InChI=1S/C11H11BrN2O5S/c1-14-3-2-7(6-14)5-13-20(17,18)9-4-8(11(15)16)19-10(9)12/h2-4,6,13H,5H2,1H3,(H,15,16). The van der Waals surface area contributed by atoms with Crippen molar-refractivity contribution in [3.8, 4) is 0 Å². The number of aromatic carboxylic acids is 1. The van der Waals surface area contributed by atoms with Crippen LogP contribution in [-0.4, -0.2) is 24.1 Å². The van der Waals surface area contributed by atoms with Crippen molar-refractivity contribution in [3.05, 3.63) is 40.5 Å². The van der Waals surface area contributed by atoms with Crippen LogP contribution >= 0.6 is 15.9 Å². The van der Waals surface area contributed by atoms with E-state index >= 15 is 0 Å². The van der Waals surface area contributed by atoms with E-state index < -0.39 is 21.8 Å². The Labute approximate surface area is 123 Å². The monoisotopic (exact) mass is 362 g/mol. The van der Waals surface area contributed by atoms with Crippen LogP contribution in [0.5, 0.6) is 0 Å². The highest BCUT2D eigenvalue weighted by Crippen LogP contribution is 2.26. The number of carbonyl (C=O) groups is 1. The number of aromatic nitrogens is 1. The summed E-state index contributed by atoms with van der Waals surface area (Å²) in [5.41, 5.74) is 0.786. The van der Waals surface area contributed by atoms with E-state index in [1.54, 1.807) is 23.0 Å². The zero-order valence-corrected chi connectivity index (χ0v) is 12.7. The van der Waals surface area contributed by atoms with Gasteiger partial charge < -0.3 is 14.1 Å². The van der Waals surface area contributed by atoms with Crippen molar-refractivity contribution >= 4 is 31.9 Å². The molecule has 0 aromatic carbocycles. The summed E-state index contributed by atoms with van der Waals surface area (Å²) >= 11 is 2.90. The molecule has 0 atom stereocenters. The lowest BCUT2D eigenvalue weighted by Gasteiger charge is -2.03. The highest BCUT2D eigenvalue weighted by Gasteiger charge is 2.24. The molecule has 0 spiro atoms. The fourth-order valence-corrected chi connectivity index (χ4v) is 3.52. The predicted molar refractivity (Wildman–Crippen MR) is 72.8 cm³/mol. The molecule has 2 aromatic rings. The maximum Gasteiger partial charge on any atom is 0.371 e. The van der Waals surface area contributed by atoms with Crippen molar-refractivity contribution in [2.75, 3.05) is 0 Å². The van der Waals surface area contributed by atoms with Gasteiger partial charge in [0.05, 0.1) is 0 Å². The molecule has 0 aliphatic heterocycles. The third kappa shape index (κ3) is 3.11. The van der Waals surface area contributed by atoms with Crippen LogP contribution in [0.1, 0.15) is 16.1 Å². The average molecular weight is 363 g/mol. The smallest absolute Gasteiger partial charge is 0.371 e. The van der Waals surface area contributed by atoms with Crippen LogP contribution in [0.15, 0.2) is 38.5 Å². The first kappa shape index (κ1) is 14.8. The summed E-state index contributed by atoms with van der Waals surface area (Å²) in [5.74, 6) is -1.79. The van der Waals surface area contributed by atoms with Crippen molar-refractivity contribution in [1.29, 1.82) is 0 Å². The number of hydrogen-bond acceptors (Lipinski definition) is 4. The van der Waals surface area contributed by atoms with Crippen molar-refractivity contribution in [3.63, 3.8) is 0 Å². The normalized spacial score (nSPS) is 11.7. The Kier molecular flexibility index (Phi) is 4.02. The number of carboxylic acid groups (broad SMARTS) is 1. The summed E-state index contributed by atoms with van der Waals surface area (Å²) in [6, 6.07) is 2.73. The molecule has 2 N–H and O–H groups in total. The minimum Gasteiger partial charge on any atom is -0.475 e. The first-order valence-electron chi connectivity index (χ1n) is 5.43. The Bertz CT molecular complexity index is 747. The van der Waals surface area contributed by atoms with Gasteiger partial charge >= 0.3 is 5.97 Å². The second-order valence-electron chi connectivity index (χ2n) is 4.06. The van der Waals surface area contributed by atoms with Crippen LogP contribution in [0.2, 0.25) is 0 Å². The molecule has 0 bridgehead atoms. The molecule has 0 fully saturated rings. The van der Waals surface area contributed by atoms with Gasteiger partial charge in [-0.25, -0.2) is 17.9 Å². The van der Waals surface area contributed by atoms with Gasteiger partial charge in [0.25, 0.3) is 0 Å². The van der Waals surface area contributed by atoms with Gasteiger partial charge in [-0.05, 0) is 27.6 Å². The Morgan fingerprint density at radius 1 is 1.55 bits per heavy atom. The van der Waals surface area contributed by atoms with Crippen LogP contribution in [-0.2, 0) is 23.6 Å². The average Bonchev–Trinajstić information content (AvgIpc) is 2.93. The Balaban J connectivity index is 2.20. The molecule has 0 amide bonds. The second-order valence-corrected chi connectivity index (χ2v) is 6.52. The molecular formula is C11H11BrN2O5S. The summed E-state index contributed by atoms with van der Waals surface area (Å²) in [5, 5.41) is 8.77. The molecule has 7 nitrogen and oxygen atoms in total. The third-order valence-electron chi connectivity index (χ3n) is 2.52. The van der Waals surface area contributed by atoms with E-state index in [0.29, 0.717) is 0 Å². The minimum atomic E-state index is -3.86. The zero-order chi connectivity index (χ0) is 14.9.